The van der Waals surface area contributed by atoms with Crippen LogP contribution in [-0.4, -0.2) is 42.7 Å². The van der Waals surface area contributed by atoms with Crippen LogP contribution in [0.2, 0.25) is 0 Å². The van der Waals surface area contributed by atoms with Gasteiger partial charge in [0.05, 0.1) is 11.6 Å². The van der Waals surface area contributed by atoms with Crippen LogP contribution in [0, 0.1) is 0 Å². The van der Waals surface area contributed by atoms with Crippen molar-refractivity contribution in [2.75, 3.05) is 32.9 Å². The molecule has 2 aromatic rings. The third kappa shape index (κ3) is 2.46. The summed E-state index contributed by atoms with van der Waals surface area (Å²) in [6.07, 6.45) is 1.78. The predicted octanol–water partition coefficient (Wildman–Crippen LogP) is 2.15. The molecule has 1 aromatic heterocycles. The van der Waals surface area contributed by atoms with E-state index in [9.17, 15) is 4.39 Å². The molecule has 0 bridgehead atoms. The summed E-state index contributed by atoms with van der Waals surface area (Å²) in [5.74, 6) is 0. The van der Waals surface area contributed by atoms with Gasteiger partial charge in [-0.1, -0.05) is 18.2 Å². The molecule has 1 aliphatic heterocycles. The van der Waals surface area contributed by atoms with Crippen molar-refractivity contribution in [1.82, 2.24) is 15.2 Å². The van der Waals surface area contributed by atoms with Gasteiger partial charge in [0, 0.05) is 37.8 Å². The number of hydrogen-bond acceptors (Lipinski definition) is 3. The highest BCUT2D eigenvalue weighted by atomic mass is 19.1. The maximum absolute atomic E-state index is 13.6. The van der Waals surface area contributed by atoms with Crippen molar-refractivity contribution < 1.29 is 4.39 Å². The molecule has 0 aliphatic carbocycles. The van der Waals surface area contributed by atoms with Crippen LogP contribution in [0.5, 0.6) is 0 Å². The number of nitrogens with zero attached hydrogens (tertiary/aromatic N) is 2. The molecule has 0 spiro atoms. The van der Waals surface area contributed by atoms with Crippen molar-refractivity contribution in [2.24, 2.45) is 0 Å². The number of pyridine rings is 1. The highest BCUT2D eigenvalue weighted by molar-refractivity contribution is 5.82. The minimum atomic E-state index is -0.353. The molecule has 4 heteroatoms. The molecule has 1 saturated heterocycles. The van der Waals surface area contributed by atoms with Crippen LogP contribution in [0.1, 0.15) is 11.6 Å². The summed E-state index contributed by atoms with van der Waals surface area (Å²) < 4.78 is 13.6. The molecule has 1 atom stereocenters. The molecule has 1 N–H and O–H groups in total. The fraction of sp³-hybridized carbons (Fsp3) is 0.400. The fourth-order valence-electron chi connectivity index (χ4n) is 2.78. The van der Waals surface area contributed by atoms with E-state index in [0.717, 1.165) is 42.6 Å². The first kappa shape index (κ1) is 12.5. The Bertz CT molecular complexity index is 547. The second-order valence-corrected chi connectivity index (χ2v) is 4.87. The van der Waals surface area contributed by atoms with Gasteiger partial charge in [0.2, 0.25) is 0 Å². The number of piperazine rings is 1. The topological polar surface area (TPSA) is 28.2 Å². The van der Waals surface area contributed by atoms with Crippen molar-refractivity contribution in [3.63, 3.8) is 0 Å². The van der Waals surface area contributed by atoms with E-state index in [4.69, 9.17) is 0 Å². The van der Waals surface area contributed by atoms with Gasteiger partial charge in [-0.15, -0.1) is 0 Å². The van der Waals surface area contributed by atoms with Crippen molar-refractivity contribution in [3.8, 4) is 0 Å². The standard InChI is InChI=1S/C15H18FN3/c16-11-15(19-9-7-17-8-10-19)13-5-6-18-14-4-2-1-3-12(13)14/h1-6,15,17H,7-11H2/t15-/m1/s1. The fourth-order valence-corrected chi connectivity index (χ4v) is 2.78. The van der Waals surface area contributed by atoms with Gasteiger partial charge in [-0.2, -0.15) is 0 Å². The minimum absolute atomic E-state index is 0.157. The third-order valence-corrected chi connectivity index (χ3v) is 3.78. The molecule has 0 amide bonds. The SMILES string of the molecule is FC[C@H](c1ccnc2ccccc12)N1CCNCC1. The Morgan fingerprint density at radius 3 is 2.79 bits per heavy atom. The van der Waals surface area contributed by atoms with E-state index in [1.165, 1.54) is 0 Å². The van der Waals surface area contributed by atoms with Crippen LogP contribution in [0.4, 0.5) is 4.39 Å². The van der Waals surface area contributed by atoms with Crippen molar-refractivity contribution in [1.29, 1.82) is 0 Å². The third-order valence-electron chi connectivity index (χ3n) is 3.78. The number of alkyl halides is 1. The first-order chi connectivity index (χ1) is 9.40. The molecule has 2 heterocycles. The van der Waals surface area contributed by atoms with Gasteiger partial charge in [-0.3, -0.25) is 9.88 Å². The quantitative estimate of drug-likeness (QED) is 0.915. The lowest BCUT2D eigenvalue weighted by Crippen LogP contribution is -2.45. The Kier molecular flexibility index (Phi) is 3.71. The van der Waals surface area contributed by atoms with Gasteiger partial charge in [-0.05, 0) is 17.7 Å². The number of para-hydroxylation sites is 1. The van der Waals surface area contributed by atoms with Crippen LogP contribution >= 0.6 is 0 Å². The maximum Gasteiger partial charge on any atom is 0.109 e. The number of nitrogens with one attached hydrogen (secondary N) is 1. The summed E-state index contributed by atoms with van der Waals surface area (Å²) in [7, 11) is 0. The molecule has 100 valence electrons. The smallest absolute Gasteiger partial charge is 0.109 e. The van der Waals surface area contributed by atoms with Crippen molar-refractivity contribution >= 4 is 10.9 Å². The van der Waals surface area contributed by atoms with Crippen molar-refractivity contribution in [3.05, 3.63) is 42.1 Å². The predicted molar refractivity (Wildman–Crippen MR) is 74.9 cm³/mol. The Labute approximate surface area is 112 Å². The van der Waals surface area contributed by atoms with Gasteiger partial charge >= 0.3 is 0 Å². The average molecular weight is 259 g/mol. The van der Waals surface area contributed by atoms with Crippen LogP contribution in [0.15, 0.2) is 36.5 Å². The van der Waals surface area contributed by atoms with E-state index in [0.29, 0.717) is 0 Å². The van der Waals surface area contributed by atoms with Crippen LogP contribution in [0.3, 0.4) is 0 Å². The summed E-state index contributed by atoms with van der Waals surface area (Å²) in [4.78, 5) is 6.57. The Morgan fingerprint density at radius 2 is 2.00 bits per heavy atom. The lowest BCUT2D eigenvalue weighted by molar-refractivity contribution is 0.148. The summed E-state index contributed by atoms with van der Waals surface area (Å²) in [5.41, 5.74) is 1.99. The lowest BCUT2D eigenvalue weighted by Gasteiger charge is -2.34. The van der Waals surface area contributed by atoms with E-state index >= 15 is 0 Å². The largest absolute Gasteiger partial charge is 0.314 e. The highest BCUT2D eigenvalue weighted by Gasteiger charge is 2.23. The number of hydrogen-bond donors (Lipinski definition) is 1. The summed E-state index contributed by atoms with van der Waals surface area (Å²) in [6, 6.07) is 9.76. The Hall–Kier alpha value is -1.52. The number of rotatable bonds is 3. The zero-order valence-electron chi connectivity index (χ0n) is 10.8. The molecule has 3 rings (SSSR count). The van der Waals surface area contributed by atoms with Gasteiger partial charge in [0.25, 0.3) is 0 Å². The molecule has 1 aromatic carbocycles. The summed E-state index contributed by atoms with van der Waals surface area (Å²) in [6.45, 7) is 3.30. The minimum Gasteiger partial charge on any atom is -0.314 e. The summed E-state index contributed by atoms with van der Waals surface area (Å²) in [5, 5.41) is 4.37. The molecule has 0 unspecified atom stereocenters. The molecule has 19 heavy (non-hydrogen) atoms. The van der Waals surface area contributed by atoms with E-state index in [1.54, 1.807) is 6.20 Å². The highest BCUT2D eigenvalue weighted by Crippen LogP contribution is 2.27. The zero-order chi connectivity index (χ0) is 13.1. The monoisotopic (exact) mass is 259 g/mol. The second kappa shape index (κ2) is 5.63. The molecule has 1 aliphatic rings. The van der Waals surface area contributed by atoms with E-state index in [1.807, 2.05) is 30.3 Å². The molecule has 3 nitrogen and oxygen atoms in total. The molecule has 1 fully saturated rings. The summed E-state index contributed by atoms with van der Waals surface area (Å²) >= 11 is 0. The van der Waals surface area contributed by atoms with E-state index < -0.39 is 0 Å². The second-order valence-electron chi connectivity index (χ2n) is 4.87. The van der Waals surface area contributed by atoms with Crippen molar-refractivity contribution in [2.45, 2.75) is 6.04 Å². The number of halogens is 1. The Morgan fingerprint density at radius 1 is 1.21 bits per heavy atom. The van der Waals surface area contributed by atoms with E-state index in [-0.39, 0.29) is 12.7 Å². The lowest BCUT2D eigenvalue weighted by atomic mass is 10.0. The first-order valence-corrected chi connectivity index (χ1v) is 6.74. The molecular formula is C15H18FN3. The van der Waals surface area contributed by atoms with Crippen LogP contribution < -0.4 is 5.32 Å². The van der Waals surface area contributed by atoms with E-state index in [2.05, 4.69) is 15.2 Å². The normalized spacial score (nSPS) is 18.6. The molecular weight excluding hydrogens is 241 g/mol. The molecule has 0 saturated carbocycles. The number of aromatic nitrogens is 1. The molecule has 0 radical (unpaired) electrons. The zero-order valence-corrected chi connectivity index (χ0v) is 10.8. The van der Waals surface area contributed by atoms with Gasteiger partial charge in [0.15, 0.2) is 0 Å². The van der Waals surface area contributed by atoms with Gasteiger partial charge in [-0.25, -0.2) is 4.39 Å². The number of benzene rings is 1. The van der Waals surface area contributed by atoms with Crippen LogP contribution in [0.25, 0.3) is 10.9 Å². The Balaban J connectivity index is 2.00. The first-order valence-electron chi connectivity index (χ1n) is 6.74. The van der Waals surface area contributed by atoms with Crippen LogP contribution in [-0.2, 0) is 0 Å². The maximum atomic E-state index is 13.6. The van der Waals surface area contributed by atoms with Gasteiger partial charge < -0.3 is 5.32 Å². The average Bonchev–Trinajstić information content (AvgIpc) is 2.49. The number of fused-ring (bicyclic) bond motifs is 1. The van der Waals surface area contributed by atoms with Gasteiger partial charge in [0.1, 0.15) is 6.67 Å².